The number of Topliss-reactive ketones (excluding diaryl/α,β-unsaturated/α-hetero) is 1. The molecule has 0 amide bonds. The highest BCUT2D eigenvalue weighted by Gasteiger charge is 2.62. The molecular weight excluding hydrogens is 360 g/mol. The summed E-state index contributed by atoms with van der Waals surface area (Å²) in [5.74, 6) is 3.16. The van der Waals surface area contributed by atoms with Gasteiger partial charge in [0.15, 0.2) is 0 Å². The second kappa shape index (κ2) is 8.24. The standard InChI is InChI=1S/C25H40N2O2/c1-24-12-10-17(7-5-3-4-6-14-26)15-21(24)22(27-29)16-18-19-8-9-23(28)25(19,2)13-11-20(18)24/h5,7,17-22H,3-4,6,8-16,26H2,1-2H3/t17-,18+,19+,20+,21?,22?,24-,25+/m1/s1. The lowest BCUT2D eigenvalue weighted by Crippen LogP contribution is -2.57. The second-order valence-corrected chi connectivity index (χ2v) is 11.1. The van der Waals surface area contributed by atoms with Crippen molar-refractivity contribution in [3.8, 4) is 0 Å². The smallest absolute Gasteiger partial charge is 0.139 e. The largest absolute Gasteiger partial charge is 0.330 e. The first-order valence-electron chi connectivity index (χ1n) is 12.2. The van der Waals surface area contributed by atoms with Gasteiger partial charge >= 0.3 is 0 Å². The molecule has 4 rings (SSSR count). The average molecular weight is 401 g/mol. The van der Waals surface area contributed by atoms with Crippen molar-refractivity contribution in [3.05, 3.63) is 17.1 Å². The summed E-state index contributed by atoms with van der Waals surface area (Å²) in [4.78, 5) is 24.6. The molecule has 4 aliphatic carbocycles. The Kier molecular flexibility index (Phi) is 6.03. The summed E-state index contributed by atoms with van der Waals surface area (Å²) >= 11 is 0. The van der Waals surface area contributed by atoms with Crippen LogP contribution in [0.4, 0.5) is 0 Å². The minimum atomic E-state index is -0.124. The minimum absolute atomic E-state index is 0.0623. The highest BCUT2D eigenvalue weighted by atomic mass is 16.3. The van der Waals surface area contributed by atoms with Crippen LogP contribution in [0.2, 0.25) is 0 Å². The van der Waals surface area contributed by atoms with Gasteiger partial charge in [-0.2, -0.15) is 4.91 Å². The van der Waals surface area contributed by atoms with Crippen molar-refractivity contribution < 1.29 is 4.79 Å². The molecule has 0 saturated heterocycles. The van der Waals surface area contributed by atoms with Crippen LogP contribution in [0, 0.1) is 45.3 Å². The first-order valence-corrected chi connectivity index (χ1v) is 12.2. The molecule has 4 aliphatic rings. The summed E-state index contributed by atoms with van der Waals surface area (Å²) in [5.41, 5.74) is 5.69. The van der Waals surface area contributed by atoms with Gasteiger partial charge in [0.25, 0.3) is 0 Å². The number of hydrogen-bond acceptors (Lipinski definition) is 4. The topological polar surface area (TPSA) is 72.5 Å². The number of ketones is 1. The number of allylic oxidation sites excluding steroid dienone is 2. The van der Waals surface area contributed by atoms with Gasteiger partial charge in [-0.25, -0.2) is 0 Å². The van der Waals surface area contributed by atoms with Crippen molar-refractivity contribution in [2.24, 2.45) is 51.3 Å². The summed E-state index contributed by atoms with van der Waals surface area (Å²) < 4.78 is 0. The van der Waals surface area contributed by atoms with E-state index in [1.54, 1.807) is 0 Å². The second-order valence-electron chi connectivity index (χ2n) is 11.1. The number of hydrogen-bond donors (Lipinski definition) is 1. The maximum atomic E-state index is 12.6. The quantitative estimate of drug-likeness (QED) is 0.356. The molecule has 2 unspecified atom stereocenters. The van der Waals surface area contributed by atoms with Crippen LogP contribution in [0.3, 0.4) is 0 Å². The van der Waals surface area contributed by atoms with Gasteiger partial charge in [0.2, 0.25) is 0 Å². The molecule has 4 nitrogen and oxygen atoms in total. The SMILES string of the molecule is C[C@]12CC[C@@H](C=CCCCCN)CC1C(N=O)C[C@@H]1[C@@H]2CC[C@]2(C)C(=O)CC[C@@H]12. The summed E-state index contributed by atoms with van der Waals surface area (Å²) in [6.45, 7) is 5.46. The van der Waals surface area contributed by atoms with Gasteiger partial charge in [0.1, 0.15) is 5.78 Å². The Hall–Kier alpha value is -1.03. The Balaban J connectivity index is 1.50. The molecule has 0 spiro atoms. The Morgan fingerprint density at radius 1 is 1.07 bits per heavy atom. The van der Waals surface area contributed by atoms with E-state index in [-0.39, 0.29) is 16.9 Å². The van der Waals surface area contributed by atoms with Crippen molar-refractivity contribution in [1.29, 1.82) is 0 Å². The van der Waals surface area contributed by atoms with Crippen LogP contribution >= 0.6 is 0 Å². The van der Waals surface area contributed by atoms with Crippen LogP contribution in [-0.2, 0) is 4.79 Å². The molecule has 0 bridgehead atoms. The van der Waals surface area contributed by atoms with Gasteiger partial charge in [-0.05, 0) is 106 Å². The van der Waals surface area contributed by atoms with Crippen LogP contribution in [0.25, 0.3) is 0 Å². The number of nitrogens with two attached hydrogens (primary N) is 1. The maximum absolute atomic E-state index is 12.6. The van der Waals surface area contributed by atoms with Crippen molar-refractivity contribution in [3.63, 3.8) is 0 Å². The number of unbranched alkanes of at least 4 members (excludes halogenated alkanes) is 2. The minimum Gasteiger partial charge on any atom is -0.330 e. The Bertz CT molecular complexity index is 661. The van der Waals surface area contributed by atoms with Crippen LogP contribution in [0.5, 0.6) is 0 Å². The maximum Gasteiger partial charge on any atom is 0.139 e. The van der Waals surface area contributed by atoms with Gasteiger partial charge < -0.3 is 5.73 Å². The molecule has 4 saturated carbocycles. The number of carbonyl (C=O) groups excluding carboxylic acids is 1. The fraction of sp³-hybridized carbons (Fsp3) is 0.880. The summed E-state index contributed by atoms with van der Waals surface area (Å²) in [6, 6.07) is -0.0623. The number of nitrogens with zero attached hydrogens (tertiary/aromatic N) is 1. The van der Waals surface area contributed by atoms with E-state index in [9.17, 15) is 9.70 Å². The first-order chi connectivity index (χ1) is 13.9. The van der Waals surface area contributed by atoms with Gasteiger partial charge in [-0.15, -0.1) is 0 Å². The number of nitroso groups, excluding NO2 is 1. The molecule has 4 fully saturated rings. The van der Waals surface area contributed by atoms with Crippen LogP contribution < -0.4 is 5.73 Å². The number of rotatable bonds is 6. The fourth-order valence-corrected chi connectivity index (χ4v) is 8.09. The molecule has 0 aromatic heterocycles. The summed E-state index contributed by atoms with van der Waals surface area (Å²) in [7, 11) is 0. The highest BCUT2D eigenvalue weighted by Crippen LogP contribution is 2.66. The van der Waals surface area contributed by atoms with Crippen molar-refractivity contribution in [2.75, 3.05) is 6.54 Å². The van der Waals surface area contributed by atoms with E-state index in [0.717, 1.165) is 51.5 Å². The van der Waals surface area contributed by atoms with E-state index in [1.165, 1.54) is 25.7 Å². The van der Waals surface area contributed by atoms with Crippen molar-refractivity contribution >= 4 is 5.78 Å². The fourth-order valence-electron chi connectivity index (χ4n) is 8.09. The summed E-state index contributed by atoms with van der Waals surface area (Å²) in [6.07, 6.45) is 16.6. The third kappa shape index (κ3) is 3.54. The third-order valence-corrected chi connectivity index (χ3v) is 9.80. The Morgan fingerprint density at radius 3 is 2.66 bits per heavy atom. The molecule has 0 radical (unpaired) electrons. The third-order valence-electron chi connectivity index (χ3n) is 9.80. The van der Waals surface area contributed by atoms with Crippen LogP contribution in [-0.4, -0.2) is 18.4 Å². The van der Waals surface area contributed by atoms with E-state index in [0.29, 0.717) is 35.4 Å². The van der Waals surface area contributed by atoms with E-state index in [2.05, 4.69) is 31.2 Å². The number of carbonyl (C=O) groups is 1. The normalized spacial score (nSPS) is 46.9. The van der Waals surface area contributed by atoms with E-state index >= 15 is 0 Å². The zero-order valence-electron chi connectivity index (χ0n) is 18.4. The first kappa shape index (κ1) is 21.2. The molecule has 8 atom stereocenters. The molecule has 0 aliphatic heterocycles. The van der Waals surface area contributed by atoms with Crippen molar-refractivity contribution in [2.45, 2.75) is 90.5 Å². The predicted molar refractivity (Wildman–Crippen MR) is 117 cm³/mol. The Morgan fingerprint density at radius 2 is 1.90 bits per heavy atom. The lowest BCUT2D eigenvalue weighted by atomic mass is 9.43. The van der Waals surface area contributed by atoms with Gasteiger partial charge in [0.05, 0.1) is 6.04 Å². The van der Waals surface area contributed by atoms with E-state index in [4.69, 9.17) is 5.73 Å². The molecule has 29 heavy (non-hydrogen) atoms. The molecule has 4 heteroatoms. The molecule has 0 heterocycles. The molecular formula is C25H40N2O2. The predicted octanol–water partition coefficient (Wildman–Crippen LogP) is 5.64. The van der Waals surface area contributed by atoms with Gasteiger partial charge in [-0.1, -0.05) is 31.2 Å². The van der Waals surface area contributed by atoms with E-state index < -0.39 is 0 Å². The Labute approximate surface area is 176 Å². The monoisotopic (exact) mass is 400 g/mol. The van der Waals surface area contributed by atoms with Crippen LogP contribution in [0.15, 0.2) is 17.3 Å². The molecule has 162 valence electrons. The van der Waals surface area contributed by atoms with Crippen LogP contribution in [0.1, 0.15) is 84.5 Å². The van der Waals surface area contributed by atoms with Gasteiger partial charge in [0, 0.05) is 11.8 Å². The zero-order valence-corrected chi connectivity index (χ0v) is 18.4. The average Bonchev–Trinajstić information content (AvgIpc) is 3.02. The summed E-state index contributed by atoms with van der Waals surface area (Å²) in [5, 5.41) is 3.71. The van der Waals surface area contributed by atoms with Gasteiger partial charge in [-0.3, -0.25) is 4.79 Å². The molecule has 2 N–H and O–H groups in total. The lowest BCUT2D eigenvalue weighted by molar-refractivity contribution is -0.141. The molecule has 0 aromatic rings. The van der Waals surface area contributed by atoms with Crippen molar-refractivity contribution in [1.82, 2.24) is 0 Å². The number of fused-ring (bicyclic) bond motifs is 5. The zero-order chi connectivity index (χ0) is 20.6. The van der Waals surface area contributed by atoms with E-state index in [1.807, 2.05) is 0 Å². The molecule has 0 aromatic carbocycles. The lowest BCUT2D eigenvalue weighted by Gasteiger charge is -2.61. The highest BCUT2D eigenvalue weighted by molar-refractivity contribution is 5.87.